The highest BCUT2D eigenvalue weighted by Crippen LogP contribution is 2.35. The van der Waals surface area contributed by atoms with Crippen molar-refractivity contribution in [2.75, 3.05) is 12.0 Å². The average Bonchev–Trinajstić information content (AvgIpc) is 2.65. The Kier molecular flexibility index (Phi) is 3.03. The fraction of sp³-hybridized carbons (Fsp3) is 0.300. The van der Waals surface area contributed by atoms with Crippen LogP contribution in [0.15, 0.2) is 29.2 Å². The molecule has 1 N–H and O–H groups in total. The van der Waals surface area contributed by atoms with Gasteiger partial charge in [-0.15, -0.1) is 23.5 Å². The van der Waals surface area contributed by atoms with E-state index in [4.69, 9.17) is 0 Å². The molecule has 1 heterocycles. The molecule has 0 aliphatic carbocycles. The summed E-state index contributed by atoms with van der Waals surface area (Å²) in [5.41, 5.74) is 1.22. The molecule has 1 aliphatic heterocycles. The Morgan fingerprint density at radius 1 is 1.50 bits per heavy atom. The van der Waals surface area contributed by atoms with Crippen molar-refractivity contribution in [1.29, 1.82) is 0 Å². The van der Waals surface area contributed by atoms with E-state index in [1.807, 2.05) is 12.1 Å². The summed E-state index contributed by atoms with van der Waals surface area (Å²) >= 11 is 3.38. The van der Waals surface area contributed by atoms with E-state index in [0.717, 1.165) is 0 Å². The Bertz CT molecular complexity index is 354. The zero-order chi connectivity index (χ0) is 9.97. The van der Waals surface area contributed by atoms with E-state index in [-0.39, 0.29) is 11.3 Å². The third-order valence-corrected chi connectivity index (χ3v) is 4.04. The molecule has 1 atom stereocenters. The summed E-state index contributed by atoms with van der Waals surface area (Å²) in [6, 6.07) is 8.21. The van der Waals surface area contributed by atoms with Gasteiger partial charge in [0.1, 0.15) is 5.37 Å². The molecule has 1 saturated heterocycles. The lowest BCUT2D eigenvalue weighted by Gasteiger charge is -2.12. The molecule has 1 amide bonds. The monoisotopic (exact) mass is 225 g/mol. The minimum absolute atomic E-state index is 0.135. The molecule has 0 saturated carbocycles. The number of nitrogens with one attached hydrogen (secondary N) is 1. The molecular weight excluding hydrogens is 214 g/mol. The average molecular weight is 225 g/mol. The minimum Gasteiger partial charge on any atom is -0.339 e. The molecule has 0 spiro atoms. The van der Waals surface area contributed by atoms with Crippen LogP contribution in [0.4, 0.5) is 0 Å². The maximum absolute atomic E-state index is 11.1. The standard InChI is InChI=1S/C10H11NOS2/c1-13-8-5-3-2-4-7(8)10-11-9(12)6-14-10/h2-5,10H,6H2,1H3,(H,11,12). The van der Waals surface area contributed by atoms with Gasteiger partial charge in [-0.25, -0.2) is 0 Å². The third kappa shape index (κ3) is 1.91. The second kappa shape index (κ2) is 4.28. The lowest BCUT2D eigenvalue weighted by atomic mass is 10.2. The molecule has 4 heteroatoms. The molecule has 0 radical (unpaired) electrons. The third-order valence-electron chi connectivity index (χ3n) is 2.09. The molecule has 1 aromatic rings. The number of rotatable bonds is 2. The molecular formula is C10H11NOS2. The normalized spacial score (nSPS) is 20.9. The number of amides is 1. The van der Waals surface area contributed by atoms with Gasteiger partial charge in [0.15, 0.2) is 0 Å². The first kappa shape index (κ1) is 9.93. The highest BCUT2D eigenvalue weighted by atomic mass is 32.2. The summed E-state index contributed by atoms with van der Waals surface area (Å²) in [4.78, 5) is 12.3. The molecule has 1 aromatic carbocycles. The Labute approximate surface area is 91.8 Å². The van der Waals surface area contributed by atoms with E-state index >= 15 is 0 Å². The van der Waals surface area contributed by atoms with Gasteiger partial charge in [0, 0.05) is 4.90 Å². The van der Waals surface area contributed by atoms with Gasteiger partial charge >= 0.3 is 0 Å². The van der Waals surface area contributed by atoms with Crippen LogP contribution < -0.4 is 5.32 Å². The van der Waals surface area contributed by atoms with Crippen LogP contribution in [-0.2, 0) is 4.79 Å². The van der Waals surface area contributed by atoms with Crippen molar-refractivity contribution in [2.45, 2.75) is 10.3 Å². The first-order valence-corrected chi connectivity index (χ1v) is 6.62. The molecule has 2 rings (SSSR count). The maximum Gasteiger partial charge on any atom is 0.231 e. The summed E-state index contributed by atoms with van der Waals surface area (Å²) in [5, 5.41) is 3.10. The Morgan fingerprint density at radius 3 is 2.93 bits per heavy atom. The number of hydrogen-bond donors (Lipinski definition) is 1. The van der Waals surface area contributed by atoms with Crippen LogP contribution in [0.1, 0.15) is 10.9 Å². The number of carbonyl (C=O) groups is 1. The second-order valence-corrected chi connectivity index (χ2v) is 4.94. The fourth-order valence-electron chi connectivity index (χ4n) is 1.44. The molecule has 1 fully saturated rings. The van der Waals surface area contributed by atoms with Gasteiger partial charge in [0.25, 0.3) is 0 Å². The van der Waals surface area contributed by atoms with E-state index < -0.39 is 0 Å². The van der Waals surface area contributed by atoms with E-state index in [2.05, 4.69) is 23.7 Å². The summed E-state index contributed by atoms with van der Waals surface area (Å²) < 4.78 is 0. The van der Waals surface area contributed by atoms with Crippen LogP contribution in [0, 0.1) is 0 Å². The van der Waals surface area contributed by atoms with Crippen LogP contribution >= 0.6 is 23.5 Å². The van der Waals surface area contributed by atoms with Crippen molar-refractivity contribution in [1.82, 2.24) is 5.32 Å². The largest absolute Gasteiger partial charge is 0.339 e. The first-order chi connectivity index (χ1) is 6.81. The van der Waals surface area contributed by atoms with E-state index in [0.29, 0.717) is 5.75 Å². The van der Waals surface area contributed by atoms with E-state index in [1.165, 1.54) is 10.5 Å². The maximum atomic E-state index is 11.1. The van der Waals surface area contributed by atoms with Crippen molar-refractivity contribution in [2.24, 2.45) is 0 Å². The molecule has 0 aromatic heterocycles. The summed E-state index contributed by atoms with van der Waals surface area (Å²) in [5.74, 6) is 0.712. The van der Waals surface area contributed by atoms with Crippen LogP contribution in [0.25, 0.3) is 0 Å². The lowest BCUT2D eigenvalue weighted by Crippen LogP contribution is -2.19. The minimum atomic E-state index is 0.135. The number of thioether (sulfide) groups is 2. The van der Waals surface area contributed by atoms with Gasteiger partial charge in [0.05, 0.1) is 5.75 Å². The topological polar surface area (TPSA) is 29.1 Å². The van der Waals surface area contributed by atoms with Gasteiger partial charge in [-0.1, -0.05) is 18.2 Å². The quantitative estimate of drug-likeness (QED) is 0.783. The first-order valence-electron chi connectivity index (χ1n) is 4.35. The van der Waals surface area contributed by atoms with Crippen molar-refractivity contribution >= 4 is 29.4 Å². The smallest absolute Gasteiger partial charge is 0.231 e. The number of benzene rings is 1. The molecule has 14 heavy (non-hydrogen) atoms. The fourth-order valence-corrected chi connectivity index (χ4v) is 3.15. The SMILES string of the molecule is CSc1ccccc1C1NC(=O)CS1. The Morgan fingerprint density at radius 2 is 2.29 bits per heavy atom. The Hall–Kier alpha value is -0.610. The zero-order valence-electron chi connectivity index (χ0n) is 7.82. The van der Waals surface area contributed by atoms with Gasteiger partial charge in [-0.05, 0) is 17.9 Å². The van der Waals surface area contributed by atoms with Crippen LogP contribution in [0.3, 0.4) is 0 Å². The summed E-state index contributed by atoms with van der Waals surface area (Å²) in [6.07, 6.45) is 2.06. The molecule has 0 bridgehead atoms. The predicted molar refractivity (Wildman–Crippen MR) is 61.6 cm³/mol. The molecule has 1 aliphatic rings. The molecule has 1 unspecified atom stereocenters. The van der Waals surface area contributed by atoms with Crippen molar-refractivity contribution in [3.63, 3.8) is 0 Å². The van der Waals surface area contributed by atoms with E-state index in [9.17, 15) is 4.79 Å². The highest BCUT2D eigenvalue weighted by molar-refractivity contribution is 8.01. The predicted octanol–water partition coefficient (Wildman–Crippen LogP) is 2.27. The molecule has 2 nitrogen and oxygen atoms in total. The number of hydrogen-bond acceptors (Lipinski definition) is 3. The highest BCUT2D eigenvalue weighted by Gasteiger charge is 2.24. The summed E-state index contributed by atoms with van der Waals surface area (Å²) in [7, 11) is 0. The zero-order valence-corrected chi connectivity index (χ0v) is 9.45. The van der Waals surface area contributed by atoms with Gasteiger partial charge in [0.2, 0.25) is 5.91 Å². The lowest BCUT2D eigenvalue weighted by molar-refractivity contribution is -0.118. The Balaban J connectivity index is 2.27. The van der Waals surface area contributed by atoms with Crippen molar-refractivity contribution in [3.05, 3.63) is 29.8 Å². The van der Waals surface area contributed by atoms with Crippen LogP contribution in [0.5, 0.6) is 0 Å². The van der Waals surface area contributed by atoms with Crippen molar-refractivity contribution in [3.8, 4) is 0 Å². The van der Waals surface area contributed by atoms with Crippen LogP contribution in [0.2, 0.25) is 0 Å². The van der Waals surface area contributed by atoms with E-state index in [1.54, 1.807) is 23.5 Å². The second-order valence-electron chi connectivity index (χ2n) is 3.00. The van der Waals surface area contributed by atoms with Gasteiger partial charge in [-0.2, -0.15) is 0 Å². The van der Waals surface area contributed by atoms with Gasteiger partial charge < -0.3 is 5.32 Å². The van der Waals surface area contributed by atoms with Crippen LogP contribution in [-0.4, -0.2) is 17.9 Å². The molecule has 74 valence electrons. The van der Waals surface area contributed by atoms with Gasteiger partial charge in [-0.3, -0.25) is 4.79 Å². The van der Waals surface area contributed by atoms with Crippen molar-refractivity contribution < 1.29 is 4.79 Å². The number of carbonyl (C=O) groups excluding carboxylic acids is 1. The summed E-state index contributed by atoms with van der Waals surface area (Å²) in [6.45, 7) is 0.